The number of benzene rings is 2. The molecule has 0 aliphatic rings. The summed E-state index contributed by atoms with van der Waals surface area (Å²) in [5.41, 5.74) is 1.12. The minimum atomic E-state index is -0.344. The molecule has 0 heterocycles. The lowest BCUT2D eigenvalue weighted by atomic mass is 10.2. The maximum Gasteiger partial charge on any atom is 0.153 e. The summed E-state index contributed by atoms with van der Waals surface area (Å²) in [6.07, 6.45) is 0.723. The third-order valence-electron chi connectivity index (χ3n) is 2.53. The van der Waals surface area contributed by atoms with Crippen LogP contribution in [0, 0.1) is 5.82 Å². The molecule has 0 atom stereocenters. The van der Waals surface area contributed by atoms with Gasteiger partial charge >= 0.3 is 0 Å². The minimum absolute atomic E-state index is 0.168. The highest BCUT2D eigenvalue weighted by Crippen LogP contribution is 2.30. The van der Waals surface area contributed by atoms with Crippen LogP contribution in [0.3, 0.4) is 0 Å². The minimum Gasteiger partial charge on any atom is -0.487 e. The molecule has 2 aromatic rings. The summed E-state index contributed by atoms with van der Waals surface area (Å²) in [4.78, 5) is 10.9. The Morgan fingerprint density at radius 2 is 1.89 bits per heavy atom. The quantitative estimate of drug-likeness (QED) is 0.708. The number of para-hydroxylation sites is 1. The van der Waals surface area contributed by atoms with Crippen molar-refractivity contribution in [3.05, 3.63) is 62.3 Å². The van der Waals surface area contributed by atoms with Crippen molar-refractivity contribution < 1.29 is 13.9 Å². The van der Waals surface area contributed by atoms with E-state index in [0.717, 1.165) is 6.29 Å². The summed E-state index contributed by atoms with van der Waals surface area (Å²) in [5, 5.41) is 0. The number of carbonyl (C=O) groups is 1. The summed E-state index contributed by atoms with van der Waals surface area (Å²) in [6.45, 7) is 0.168. The third kappa shape index (κ3) is 3.22. The first-order chi connectivity index (χ1) is 9.13. The van der Waals surface area contributed by atoms with E-state index < -0.39 is 0 Å². The Kier molecular flexibility index (Phi) is 4.71. The van der Waals surface area contributed by atoms with Gasteiger partial charge in [-0.3, -0.25) is 4.79 Å². The fourth-order valence-electron chi connectivity index (χ4n) is 1.58. The van der Waals surface area contributed by atoms with E-state index in [9.17, 15) is 9.18 Å². The average Bonchev–Trinajstić information content (AvgIpc) is 2.41. The molecule has 19 heavy (non-hydrogen) atoms. The summed E-state index contributed by atoms with van der Waals surface area (Å²) in [7, 11) is 0. The largest absolute Gasteiger partial charge is 0.487 e. The van der Waals surface area contributed by atoms with Crippen LogP contribution in [0.2, 0.25) is 0 Å². The fourth-order valence-corrected chi connectivity index (χ4v) is 2.46. The molecule has 0 aliphatic carbocycles. The van der Waals surface area contributed by atoms with Crippen molar-refractivity contribution in [3.63, 3.8) is 0 Å². The molecule has 0 spiro atoms. The molecule has 0 aromatic heterocycles. The summed E-state index contributed by atoms with van der Waals surface area (Å²) >= 11 is 6.50. The lowest BCUT2D eigenvalue weighted by Crippen LogP contribution is -2.00. The van der Waals surface area contributed by atoms with Gasteiger partial charge in [-0.1, -0.05) is 18.2 Å². The Morgan fingerprint density at radius 3 is 2.63 bits per heavy atom. The molecule has 2 rings (SSSR count). The molecular weight excluding hydrogens is 379 g/mol. The molecule has 2 aromatic carbocycles. The van der Waals surface area contributed by atoms with Crippen LogP contribution in [0.15, 0.2) is 45.3 Å². The van der Waals surface area contributed by atoms with Crippen LogP contribution in [-0.4, -0.2) is 6.29 Å². The van der Waals surface area contributed by atoms with E-state index in [1.165, 1.54) is 6.07 Å². The highest BCUT2D eigenvalue weighted by molar-refractivity contribution is 9.10. The first-order valence-electron chi connectivity index (χ1n) is 5.43. The Morgan fingerprint density at radius 1 is 1.16 bits per heavy atom. The second-order valence-electron chi connectivity index (χ2n) is 3.78. The van der Waals surface area contributed by atoms with Crippen LogP contribution < -0.4 is 4.74 Å². The molecule has 0 saturated carbocycles. The van der Waals surface area contributed by atoms with E-state index >= 15 is 0 Å². The number of ether oxygens (including phenoxy) is 1. The van der Waals surface area contributed by atoms with Crippen molar-refractivity contribution in [1.29, 1.82) is 0 Å². The molecule has 0 fully saturated rings. The normalized spacial score (nSPS) is 10.3. The van der Waals surface area contributed by atoms with Crippen molar-refractivity contribution in [2.75, 3.05) is 0 Å². The molecule has 0 amide bonds. The van der Waals surface area contributed by atoms with Gasteiger partial charge in [0.25, 0.3) is 0 Å². The van der Waals surface area contributed by atoms with Gasteiger partial charge in [0.2, 0.25) is 0 Å². The topological polar surface area (TPSA) is 26.3 Å². The zero-order valence-electron chi connectivity index (χ0n) is 9.70. The maximum atomic E-state index is 13.4. The lowest BCUT2D eigenvalue weighted by molar-refractivity contribution is 0.111. The molecule has 5 heteroatoms. The SMILES string of the molecule is O=Cc1cccc(Br)c1OCc1cccc(F)c1Br. The van der Waals surface area contributed by atoms with Gasteiger partial charge in [0.1, 0.15) is 18.2 Å². The van der Waals surface area contributed by atoms with E-state index in [2.05, 4.69) is 31.9 Å². The first kappa shape index (κ1) is 14.2. The molecule has 0 unspecified atom stereocenters. The van der Waals surface area contributed by atoms with Crippen LogP contribution in [-0.2, 0) is 6.61 Å². The van der Waals surface area contributed by atoms with Crippen molar-refractivity contribution in [3.8, 4) is 5.75 Å². The smallest absolute Gasteiger partial charge is 0.153 e. The number of hydrogen-bond acceptors (Lipinski definition) is 2. The predicted molar refractivity (Wildman–Crippen MR) is 78.0 cm³/mol. The highest BCUT2D eigenvalue weighted by Gasteiger charge is 2.10. The monoisotopic (exact) mass is 386 g/mol. The lowest BCUT2D eigenvalue weighted by Gasteiger charge is -2.11. The maximum absolute atomic E-state index is 13.4. The van der Waals surface area contributed by atoms with Gasteiger partial charge in [0, 0.05) is 5.56 Å². The van der Waals surface area contributed by atoms with Crippen molar-refractivity contribution in [2.45, 2.75) is 6.61 Å². The molecule has 2 nitrogen and oxygen atoms in total. The summed E-state index contributed by atoms with van der Waals surface area (Å²) in [5.74, 6) is 0.109. The fraction of sp³-hybridized carbons (Fsp3) is 0.0714. The van der Waals surface area contributed by atoms with E-state index in [1.54, 1.807) is 30.3 Å². The first-order valence-corrected chi connectivity index (χ1v) is 7.01. The van der Waals surface area contributed by atoms with E-state index in [0.29, 0.717) is 25.8 Å². The van der Waals surface area contributed by atoms with Gasteiger partial charge in [0.15, 0.2) is 6.29 Å². The number of hydrogen-bond donors (Lipinski definition) is 0. The van der Waals surface area contributed by atoms with Crippen molar-refractivity contribution >= 4 is 38.1 Å². The van der Waals surface area contributed by atoms with Crippen LogP contribution in [0.25, 0.3) is 0 Å². The molecule has 0 aliphatic heterocycles. The van der Waals surface area contributed by atoms with Gasteiger partial charge in [-0.05, 0) is 50.1 Å². The Bertz CT molecular complexity index is 614. The van der Waals surface area contributed by atoms with Gasteiger partial charge in [-0.15, -0.1) is 0 Å². The van der Waals surface area contributed by atoms with E-state index in [1.807, 2.05) is 0 Å². The van der Waals surface area contributed by atoms with Gasteiger partial charge in [-0.25, -0.2) is 4.39 Å². The summed E-state index contributed by atoms with van der Waals surface area (Å²) in [6, 6.07) is 9.92. The van der Waals surface area contributed by atoms with Crippen molar-refractivity contribution in [1.82, 2.24) is 0 Å². The zero-order valence-corrected chi connectivity index (χ0v) is 12.9. The molecule has 98 valence electrons. The van der Waals surface area contributed by atoms with Crippen LogP contribution in [0.1, 0.15) is 15.9 Å². The average molecular weight is 388 g/mol. The van der Waals surface area contributed by atoms with Crippen LogP contribution in [0.5, 0.6) is 5.75 Å². The molecule has 0 bridgehead atoms. The number of halogens is 3. The molecular formula is C14H9Br2FO2. The van der Waals surface area contributed by atoms with Crippen LogP contribution in [0.4, 0.5) is 4.39 Å². The second-order valence-corrected chi connectivity index (χ2v) is 5.42. The Balaban J connectivity index is 2.24. The van der Waals surface area contributed by atoms with Gasteiger partial charge < -0.3 is 4.74 Å². The number of aldehydes is 1. The molecule has 0 N–H and O–H groups in total. The Hall–Kier alpha value is -1.20. The van der Waals surface area contributed by atoms with E-state index in [-0.39, 0.29) is 12.4 Å². The number of carbonyl (C=O) groups excluding carboxylic acids is 1. The van der Waals surface area contributed by atoms with Crippen LogP contribution >= 0.6 is 31.9 Å². The Labute approximate surface area is 126 Å². The molecule has 0 saturated heterocycles. The molecule has 0 radical (unpaired) electrons. The van der Waals surface area contributed by atoms with E-state index in [4.69, 9.17) is 4.74 Å². The second kappa shape index (κ2) is 6.30. The highest BCUT2D eigenvalue weighted by atomic mass is 79.9. The zero-order chi connectivity index (χ0) is 13.8. The predicted octanol–water partition coefficient (Wildman–Crippen LogP) is 4.74. The summed E-state index contributed by atoms with van der Waals surface area (Å²) < 4.78 is 20.0. The van der Waals surface area contributed by atoms with Crippen molar-refractivity contribution in [2.24, 2.45) is 0 Å². The third-order valence-corrected chi connectivity index (χ3v) is 4.04. The van der Waals surface area contributed by atoms with Gasteiger partial charge in [0.05, 0.1) is 14.5 Å². The standard InChI is InChI=1S/C14H9Br2FO2/c15-11-5-1-3-9(7-18)14(11)19-8-10-4-2-6-12(17)13(10)16/h1-7H,8H2. The van der Waals surface area contributed by atoms with Gasteiger partial charge in [-0.2, -0.15) is 0 Å². The number of rotatable bonds is 4.